The highest BCUT2D eigenvalue weighted by Crippen LogP contribution is 2.24. The van der Waals surface area contributed by atoms with Gasteiger partial charge in [-0.1, -0.05) is 6.42 Å². The van der Waals surface area contributed by atoms with Crippen LogP contribution in [0.4, 0.5) is 8.78 Å². The molecule has 1 rings (SSSR count). The Bertz CT molecular complexity index is 97.1. The molecular weight excluding hydrogens is 142 g/mol. The average molecular weight is 151 g/mol. The van der Waals surface area contributed by atoms with Crippen molar-refractivity contribution in [2.75, 3.05) is 0 Å². The molecule has 0 heterocycles. The van der Waals surface area contributed by atoms with Crippen molar-refractivity contribution in [2.24, 2.45) is 0 Å². The Kier molecular flexibility index (Phi) is 2.33. The first kappa shape index (κ1) is 7.32. The summed E-state index contributed by atoms with van der Waals surface area (Å²) < 4.78 is 24.7. The van der Waals surface area contributed by atoms with Crippen LogP contribution in [0.15, 0.2) is 0 Å². The fourth-order valence-corrected chi connectivity index (χ4v) is 1.36. The van der Waals surface area contributed by atoms with Crippen LogP contribution in [0.5, 0.6) is 0 Å². The molecule has 0 radical (unpaired) electrons. The van der Waals surface area contributed by atoms with Gasteiger partial charge in [-0.05, 0) is 12.8 Å². The number of halogens is 2. The van der Waals surface area contributed by atoms with Crippen molar-refractivity contribution in [3.8, 4) is 0 Å². The molecule has 1 saturated carbocycles. The molecule has 1 fully saturated rings. The molecule has 0 nitrogen and oxygen atoms in total. The molecule has 0 saturated heterocycles. The van der Waals surface area contributed by atoms with E-state index in [1.807, 2.05) is 0 Å². The lowest BCUT2D eigenvalue weighted by molar-refractivity contribution is 0.123. The van der Waals surface area contributed by atoms with Crippen molar-refractivity contribution in [1.82, 2.24) is 0 Å². The molecule has 0 N–H and O–H groups in total. The summed E-state index contributed by atoms with van der Waals surface area (Å²) in [5, 5.41) is -0.0352. The molecular formula is C6H9F2S-. The van der Waals surface area contributed by atoms with Crippen LogP contribution >= 0.6 is 0 Å². The third-order valence-electron chi connectivity index (χ3n) is 1.64. The minimum atomic E-state index is -1.29. The van der Waals surface area contributed by atoms with Gasteiger partial charge in [0.15, 0.2) is 0 Å². The summed E-state index contributed by atoms with van der Waals surface area (Å²) in [4.78, 5) is 0. The molecule has 0 spiro atoms. The van der Waals surface area contributed by atoms with E-state index >= 15 is 0 Å². The Morgan fingerprint density at radius 1 is 1.11 bits per heavy atom. The standard InChI is InChI=1S/C6H10F2S/c7-5-2-1-4(9)3-6(5)8/h4-6,9H,1-3H2/p-1. The van der Waals surface area contributed by atoms with Crippen LogP contribution < -0.4 is 0 Å². The van der Waals surface area contributed by atoms with E-state index in [1.54, 1.807) is 0 Å². The van der Waals surface area contributed by atoms with Gasteiger partial charge in [0.2, 0.25) is 0 Å². The van der Waals surface area contributed by atoms with Gasteiger partial charge in [-0.3, -0.25) is 0 Å². The SMILES string of the molecule is FC1CCC([S-])CC1F. The summed E-state index contributed by atoms with van der Waals surface area (Å²) in [6.07, 6.45) is -1.33. The normalized spacial score (nSPS) is 45.0. The van der Waals surface area contributed by atoms with Gasteiger partial charge in [0.25, 0.3) is 0 Å². The first-order valence-corrected chi connectivity index (χ1v) is 3.61. The van der Waals surface area contributed by atoms with E-state index in [1.165, 1.54) is 0 Å². The van der Waals surface area contributed by atoms with Crippen molar-refractivity contribution < 1.29 is 8.78 Å². The lowest BCUT2D eigenvalue weighted by atomic mass is 9.97. The van der Waals surface area contributed by atoms with E-state index in [0.29, 0.717) is 12.8 Å². The predicted molar refractivity (Wildman–Crippen MR) is 34.8 cm³/mol. The summed E-state index contributed by atoms with van der Waals surface area (Å²) >= 11 is 4.81. The zero-order valence-corrected chi connectivity index (χ0v) is 5.83. The molecule has 0 amide bonds. The molecule has 1 aliphatic rings. The number of hydrogen-bond acceptors (Lipinski definition) is 1. The predicted octanol–water partition coefficient (Wildman–Crippen LogP) is 1.76. The lowest BCUT2D eigenvalue weighted by Gasteiger charge is -2.31. The molecule has 3 atom stereocenters. The first-order valence-electron chi connectivity index (χ1n) is 3.14. The minimum absolute atomic E-state index is 0.0352. The maximum atomic E-state index is 12.4. The van der Waals surface area contributed by atoms with E-state index in [4.69, 9.17) is 12.6 Å². The maximum absolute atomic E-state index is 12.4. The van der Waals surface area contributed by atoms with E-state index in [2.05, 4.69) is 0 Å². The van der Waals surface area contributed by atoms with Crippen LogP contribution in [-0.2, 0) is 12.6 Å². The minimum Gasteiger partial charge on any atom is -0.789 e. The molecule has 9 heavy (non-hydrogen) atoms. The zero-order chi connectivity index (χ0) is 6.85. The van der Waals surface area contributed by atoms with Crippen LogP contribution in [0.1, 0.15) is 19.3 Å². The molecule has 0 aromatic heterocycles. The zero-order valence-electron chi connectivity index (χ0n) is 5.02. The van der Waals surface area contributed by atoms with E-state index in [0.717, 1.165) is 0 Å². The summed E-state index contributed by atoms with van der Waals surface area (Å²) in [6.45, 7) is 0. The molecule has 3 heteroatoms. The molecule has 0 bridgehead atoms. The molecule has 0 aromatic carbocycles. The Morgan fingerprint density at radius 2 is 1.78 bits per heavy atom. The van der Waals surface area contributed by atoms with Gasteiger partial charge in [-0.2, -0.15) is 5.25 Å². The topological polar surface area (TPSA) is 0 Å². The number of hydrogen-bond donors (Lipinski definition) is 0. The highest BCUT2D eigenvalue weighted by atomic mass is 32.1. The van der Waals surface area contributed by atoms with E-state index in [-0.39, 0.29) is 11.7 Å². The molecule has 54 valence electrons. The van der Waals surface area contributed by atoms with Crippen LogP contribution in [0.3, 0.4) is 0 Å². The first-order chi connectivity index (χ1) is 4.20. The summed E-state index contributed by atoms with van der Waals surface area (Å²) in [7, 11) is 0. The van der Waals surface area contributed by atoms with Crippen molar-refractivity contribution in [3.05, 3.63) is 0 Å². The van der Waals surface area contributed by atoms with Gasteiger partial charge in [-0.25, -0.2) is 8.78 Å². The molecule has 0 aliphatic heterocycles. The second-order valence-corrected chi connectivity index (χ2v) is 3.13. The summed E-state index contributed by atoms with van der Waals surface area (Å²) in [6, 6.07) is 0. The number of rotatable bonds is 0. The highest BCUT2D eigenvalue weighted by Gasteiger charge is 2.24. The highest BCUT2D eigenvalue weighted by molar-refractivity contribution is 7.59. The molecule has 0 aromatic rings. The Hall–Kier alpha value is 0.210. The Morgan fingerprint density at radius 3 is 2.22 bits per heavy atom. The van der Waals surface area contributed by atoms with Gasteiger partial charge in [0.1, 0.15) is 12.3 Å². The van der Waals surface area contributed by atoms with E-state index < -0.39 is 12.3 Å². The second-order valence-electron chi connectivity index (χ2n) is 2.47. The fourth-order valence-electron chi connectivity index (χ4n) is 1.04. The van der Waals surface area contributed by atoms with Crippen molar-refractivity contribution in [1.29, 1.82) is 0 Å². The van der Waals surface area contributed by atoms with Gasteiger partial charge in [0.05, 0.1) is 0 Å². The van der Waals surface area contributed by atoms with Gasteiger partial charge >= 0.3 is 0 Å². The molecule has 1 aliphatic carbocycles. The third-order valence-corrected chi connectivity index (χ3v) is 2.07. The van der Waals surface area contributed by atoms with Gasteiger partial charge in [0, 0.05) is 0 Å². The Balaban J connectivity index is 2.35. The van der Waals surface area contributed by atoms with Crippen LogP contribution in [0, 0.1) is 0 Å². The smallest absolute Gasteiger partial charge is 0.131 e. The van der Waals surface area contributed by atoms with Crippen LogP contribution in [0.2, 0.25) is 0 Å². The summed E-state index contributed by atoms with van der Waals surface area (Å²) in [5.41, 5.74) is 0. The average Bonchev–Trinajstić information content (AvgIpc) is 1.80. The van der Waals surface area contributed by atoms with Crippen LogP contribution in [0.25, 0.3) is 0 Å². The van der Waals surface area contributed by atoms with Crippen molar-refractivity contribution >= 4 is 12.6 Å². The van der Waals surface area contributed by atoms with Crippen LogP contribution in [-0.4, -0.2) is 17.6 Å². The number of alkyl halides is 2. The van der Waals surface area contributed by atoms with Gasteiger partial charge < -0.3 is 12.6 Å². The maximum Gasteiger partial charge on any atom is 0.131 e. The lowest BCUT2D eigenvalue weighted by Crippen LogP contribution is -2.28. The second kappa shape index (κ2) is 2.86. The van der Waals surface area contributed by atoms with Gasteiger partial charge in [-0.15, -0.1) is 0 Å². The monoisotopic (exact) mass is 151 g/mol. The molecule has 3 unspecified atom stereocenters. The summed E-state index contributed by atoms with van der Waals surface area (Å²) in [5.74, 6) is 0. The van der Waals surface area contributed by atoms with Crippen molar-refractivity contribution in [2.45, 2.75) is 36.9 Å². The fraction of sp³-hybridized carbons (Fsp3) is 1.00. The quantitative estimate of drug-likeness (QED) is 0.475. The largest absolute Gasteiger partial charge is 0.789 e. The van der Waals surface area contributed by atoms with Crippen molar-refractivity contribution in [3.63, 3.8) is 0 Å². The Labute approximate surface area is 59.0 Å². The van der Waals surface area contributed by atoms with E-state index in [9.17, 15) is 8.78 Å². The third kappa shape index (κ3) is 1.81.